The van der Waals surface area contributed by atoms with E-state index in [1.54, 1.807) is 13.8 Å². The van der Waals surface area contributed by atoms with Crippen LogP contribution in [0.3, 0.4) is 0 Å². The SMILES string of the molecule is CCOC(=O)C1(C(=O)OCC)CCC2(CC1)OOC1(O2)C2CC3CC(C2)CC1C3. The van der Waals surface area contributed by atoms with Gasteiger partial charge in [-0.1, -0.05) is 0 Å². The predicted octanol–water partition coefficient (Wildman–Crippen LogP) is 3.50. The van der Waals surface area contributed by atoms with Gasteiger partial charge in [0.25, 0.3) is 0 Å². The Balaban J connectivity index is 1.33. The summed E-state index contributed by atoms with van der Waals surface area (Å²) in [5, 5.41) is 0. The lowest BCUT2D eigenvalue weighted by Gasteiger charge is -2.57. The fourth-order valence-electron chi connectivity index (χ4n) is 6.88. The maximum Gasteiger partial charge on any atom is 0.323 e. The highest BCUT2D eigenvalue weighted by molar-refractivity contribution is 6.00. The molecular formula is C22H32O7. The summed E-state index contributed by atoms with van der Waals surface area (Å²) in [5.41, 5.74) is -1.27. The number of ether oxygens (including phenoxy) is 3. The van der Waals surface area contributed by atoms with Crippen molar-refractivity contribution < 1.29 is 33.6 Å². The van der Waals surface area contributed by atoms with E-state index in [0.717, 1.165) is 37.5 Å². The lowest BCUT2D eigenvalue weighted by atomic mass is 9.53. The molecule has 0 amide bonds. The zero-order chi connectivity index (χ0) is 20.3. The van der Waals surface area contributed by atoms with Crippen LogP contribution >= 0.6 is 0 Å². The molecule has 5 aliphatic carbocycles. The van der Waals surface area contributed by atoms with Crippen molar-refractivity contribution in [3.63, 3.8) is 0 Å². The van der Waals surface area contributed by atoms with E-state index in [2.05, 4.69) is 0 Å². The van der Waals surface area contributed by atoms with Crippen LogP contribution in [0.1, 0.15) is 71.6 Å². The largest absolute Gasteiger partial charge is 0.465 e. The first-order valence-corrected chi connectivity index (χ1v) is 11.4. The minimum atomic E-state index is -1.27. The van der Waals surface area contributed by atoms with Crippen molar-refractivity contribution >= 4 is 11.9 Å². The van der Waals surface area contributed by atoms with Gasteiger partial charge in [-0.15, -0.1) is 0 Å². The molecule has 1 heterocycles. The third kappa shape index (κ3) is 2.87. The molecule has 0 N–H and O–H groups in total. The van der Waals surface area contributed by atoms with Gasteiger partial charge in [-0.25, -0.2) is 0 Å². The molecule has 6 fully saturated rings. The van der Waals surface area contributed by atoms with Gasteiger partial charge in [0, 0.05) is 24.7 Å². The van der Waals surface area contributed by atoms with Crippen molar-refractivity contribution in [3.8, 4) is 0 Å². The molecule has 0 aromatic carbocycles. The average molecular weight is 408 g/mol. The summed E-state index contributed by atoms with van der Waals surface area (Å²) in [6.45, 7) is 3.95. The second-order valence-electron chi connectivity index (χ2n) is 9.73. The molecule has 1 aliphatic heterocycles. The Hall–Kier alpha value is -1.18. The molecule has 6 rings (SSSR count). The lowest BCUT2D eigenvalue weighted by molar-refractivity contribution is -0.390. The van der Waals surface area contributed by atoms with Gasteiger partial charge >= 0.3 is 11.9 Å². The van der Waals surface area contributed by atoms with Crippen LogP contribution in [0, 0.1) is 29.1 Å². The molecule has 2 spiro atoms. The monoisotopic (exact) mass is 408 g/mol. The molecule has 0 unspecified atom stereocenters. The van der Waals surface area contributed by atoms with E-state index < -0.39 is 28.9 Å². The van der Waals surface area contributed by atoms with E-state index in [0.29, 0.717) is 24.7 Å². The number of esters is 2. The van der Waals surface area contributed by atoms with Crippen molar-refractivity contribution in [1.82, 2.24) is 0 Å². The first-order valence-electron chi connectivity index (χ1n) is 11.4. The summed E-state index contributed by atoms with van der Waals surface area (Å²) < 4.78 is 17.2. The summed E-state index contributed by atoms with van der Waals surface area (Å²) in [6, 6.07) is 0. The number of rotatable bonds is 4. The maximum absolute atomic E-state index is 12.7. The minimum absolute atomic E-state index is 0.232. The zero-order valence-electron chi connectivity index (χ0n) is 17.4. The molecule has 0 radical (unpaired) electrons. The maximum atomic E-state index is 12.7. The lowest BCUT2D eigenvalue weighted by Crippen LogP contribution is -2.59. The fourth-order valence-corrected chi connectivity index (χ4v) is 6.88. The Morgan fingerprint density at radius 3 is 1.79 bits per heavy atom. The van der Waals surface area contributed by atoms with Gasteiger partial charge < -0.3 is 14.2 Å². The molecule has 0 aromatic rings. The summed E-state index contributed by atoms with van der Waals surface area (Å²) >= 11 is 0. The van der Waals surface area contributed by atoms with Crippen LogP contribution in [0.5, 0.6) is 0 Å². The highest BCUT2D eigenvalue weighted by Gasteiger charge is 2.68. The Morgan fingerprint density at radius 1 is 0.793 bits per heavy atom. The molecule has 7 nitrogen and oxygen atoms in total. The molecule has 0 aromatic heterocycles. The van der Waals surface area contributed by atoms with Crippen LogP contribution in [0.4, 0.5) is 0 Å². The van der Waals surface area contributed by atoms with Crippen LogP contribution in [0.25, 0.3) is 0 Å². The van der Waals surface area contributed by atoms with Gasteiger partial charge in [0.05, 0.1) is 13.2 Å². The molecule has 29 heavy (non-hydrogen) atoms. The van der Waals surface area contributed by atoms with E-state index in [9.17, 15) is 9.59 Å². The first-order chi connectivity index (χ1) is 14.0. The molecule has 1 saturated heterocycles. The second-order valence-corrected chi connectivity index (χ2v) is 9.73. The van der Waals surface area contributed by atoms with Crippen molar-refractivity contribution in [1.29, 1.82) is 0 Å². The molecular weight excluding hydrogens is 376 g/mol. The van der Waals surface area contributed by atoms with E-state index in [1.807, 2.05) is 0 Å². The Labute approximate surface area is 171 Å². The normalized spacial score (nSPS) is 41.0. The van der Waals surface area contributed by atoms with Gasteiger partial charge in [0.15, 0.2) is 5.41 Å². The highest BCUT2D eigenvalue weighted by atomic mass is 17.3. The van der Waals surface area contributed by atoms with Gasteiger partial charge in [-0.05, 0) is 70.6 Å². The highest BCUT2D eigenvalue weighted by Crippen LogP contribution is 2.64. The first kappa shape index (κ1) is 19.8. The Morgan fingerprint density at radius 2 is 1.31 bits per heavy atom. The van der Waals surface area contributed by atoms with E-state index in [4.69, 9.17) is 24.0 Å². The summed E-state index contributed by atoms with van der Waals surface area (Å²) in [4.78, 5) is 37.3. The van der Waals surface area contributed by atoms with Crippen LogP contribution in [0.15, 0.2) is 0 Å². The summed E-state index contributed by atoms with van der Waals surface area (Å²) in [5.74, 6) is -0.135. The topological polar surface area (TPSA) is 80.3 Å². The number of carbonyl (C=O) groups is 2. The molecule has 6 aliphatic rings. The molecule has 7 heteroatoms. The number of hydrogen-bond acceptors (Lipinski definition) is 7. The van der Waals surface area contributed by atoms with Crippen LogP contribution in [-0.2, 0) is 33.6 Å². The van der Waals surface area contributed by atoms with E-state index in [1.165, 1.54) is 6.42 Å². The van der Waals surface area contributed by atoms with E-state index in [-0.39, 0.29) is 26.1 Å². The third-order valence-corrected chi connectivity index (χ3v) is 8.14. The number of hydrogen-bond donors (Lipinski definition) is 0. The summed E-state index contributed by atoms with van der Waals surface area (Å²) in [6.07, 6.45) is 7.37. The number of carbonyl (C=O) groups excluding carboxylic acids is 2. The van der Waals surface area contributed by atoms with Crippen LogP contribution < -0.4 is 0 Å². The zero-order valence-corrected chi connectivity index (χ0v) is 17.4. The van der Waals surface area contributed by atoms with Crippen molar-refractivity contribution in [2.75, 3.05) is 13.2 Å². The quantitative estimate of drug-likeness (QED) is 0.400. The third-order valence-electron chi connectivity index (χ3n) is 8.14. The van der Waals surface area contributed by atoms with E-state index >= 15 is 0 Å². The van der Waals surface area contributed by atoms with Crippen molar-refractivity contribution in [2.24, 2.45) is 29.1 Å². The van der Waals surface area contributed by atoms with Gasteiger partial charge in [-0.2, -0.15) is 9.78 Å². The average Bonchev–Trinajstić information content (AvgIpc) is 3.07. The molecule has 0 atom stereocenters. The van der Waals surface area contributed by atoms with Crippen molar-refractivity contribution in [3.05, 3.63) is 0 Å². The second kappa shape index (κ2) is 6.92. The minimum Gasteiger partial charge on any atom is -0.465 e. The fraction of sp³-hybridized carbons (Fsp3) is 0.909. The van der Waals surface area contributed by atoms with Gasteiger partial charge in [-0.3, -0.25) is 9.59 Å². The molecule has 162 valence electrons. The standard InChI is InChI=1S/C22H32O7/c1-3-25-18(23)20(19(24)26-4-2)5-7-21(8-6-20)27-22(29-28-21)16-10-14-9-15(12-16)13-17(22)11-14/h14-17H,3-13H2,1-2H3. The van der Waals surface area contributed by atoms with Crippen molar-refractivity contribution in [2.45, 2.75) is 83.2 Å². The van der Waals surface area contributed by atoms with Gasteiger partial charge in [0.1, 0.15) is 0 Å². The smallest absolute Gasteiger partial charge is 0.323 e. The Bertz CT molecular complexity index is 631. The summed E-state index contributed by atoms with van der Waals surface area (Å²) in [7, 11) is 0. The molecule has 5 saturated carbocycles. The van der Waals surface area contributed by atoms with Crippen LogP contribution in [0.2, 0.25) is 0 Å². The predicted molar refractivity (Wildman–Crippen MR) is 99.9 cm³/mol. The van der Waals surface area contributed by atoms with Crippen LogP contribution in [-0.4, -0.2) is 36.7 Å². The van der Waals surface area contributed by atoms with Gasteiger partial charge in [0.2, 0.25) is 11.6 Å². The Kier molecular flexibility index (Phi) is 4.72. The molecule has 4 bridgehead atoms.